The highest BCUT2D eigenvalue weighted by Crippen LogP contribution is 2.39. The molecule has 1 unspecified atom stereocenters. The first-order chi connectivity index (χ1) is 9.84. The third-order valence-electron chi connectivity index (χ3n) is 3.93. The van der Waals surface area contributed by atoms with E-state index >= 15 is 4.39 Å². The quantitative estimate of drug-likeness (QED) is 0.703. The predicted octanol–water partition coefficient (Wildman–Crippen LogP) is 4.93. The molecule has 1 N–H and O–H groups in total. The minimum absolute atomic E-state index is 0.765. The molecular formula is C17H14FNS. The number of nitrogens with one attached hydrogen (secondary N) is 1. The van der Waals surface area contributed by atoms with Crippen LogP contribution in [0.5, 0.6) is 0 Å². The van der Waals surface area contributed by atoms with Gasteiger partial charge >= 0.3 is 0 Å². The Morgan fingerprint density at radius 3 is 2.85 bits per heavy atom. The summed E-state index contributed by atoms with van der Waals surface area (Å²) in [7, 11) is 0. The number of thiophene rings is 1. The smallest absolute Gasteiger partial charge is 0.154 e. The molecule has 3 heteroatoms. The van der Waals surface area contributed by atoms with Gasteiger partial charge < -0.3 is 5.32 Å². The van der Waals surface area contributed by atoms with Crippen molar-refractivity contribution in [2.24, 2.45) is 0 Å². The molecule has 1 aliphatic rings. The van der Waals surface area contributed by atoms with E-state index in [0.29, 0.717) is 0 Å². The molecule has 100 valence electrons. The van der Waals surface area contributed by atoms with Crippen LogP contribution >= 0.6 is 11.3 Å². The summed E-state index contributed by atoms with van der Waals surface area (Å²) in [5, 5.41) is 6.47. The maximum Gasteiger partial charge on any atom is 0.154 e. The van der Waals surface area contributed by atoms with Crippen molar-refractivity contribution in [3.05, 3.63) is 64.5 Å². The highest BCUT2D eigenvalue weighted by molar-refractivity contribution is 7.17. The van der Waals surface area contributed by atoms with E-state index in [1.54, 1.807) is 11.3 Å². The number of halogens is 1. The number of anilines is 1. The second-order valence-corrected chi connectivity index (χ2v) is 6.02. The van der Waals surface area contributed by atoms with Crippen molar-refractivity contribution in [3.63, 3.8) is 0 Å². The Morgan fingerprint density at radius 2 is 1.90 bits per heavy atom. The first-order valence-corrected chi connectivity index (χ1v) is 7.68. The van der Waals surface area contributed by atoms with Crippen molar-refractivity contribution in [2.75, 3.05) is 11.9 Å². The van der Waals surface area contributed by atoms with Crippen molar-refractivity contribution in [3.8, 4) is 0 Å². The molecule has 1 aliphatic heterocycles. The summed E-state index contributed by atoms with van der Waals surface area (Å²) in [6.07, 6.45) is -0.0862. The summed E-state index contributed by atoms with van der Waals surface area (Å²) < 4.78 is 16.1. The maximum atomic E-state index is 15.1. The van der Waals surface area contributed by atoms with Crippen LogP contribution in [0.3, 0.4) is 0 Å². The van der Waals surface area contributed by atoms with Crippen molar-refractivity contribution in [2.45, 2.75) is 12.6 Å². The molecule has 1 nitrogen and oxygen atoms in total. The first kappa shape index (κ1) is 11.9. The van der Waals surface area contributed by atoms with Crippen LogP contribution in [0.15, 0.2) is 47.8 Å². The summed E-state index contributed by atoms with van der Waals surface area (Å²) in [6, 6.07) is 13.9. The Bertz CT molecular complexity index is 778. The number of fused-ring (bicyclic) bond motifs is 2. The lowest BCUT2D eigenvalue weighted by atomic mass is 9.98. The van der Waals surface area contributed by atoms with Gasteiger partial charge in [0.2, 0.25) is 0 Å². The molecule has 2 heterocycles. The van der Waals surface area contributed by atoms with E-state index in [9.17, 15) is 0 Å². The number of alkyl halides is 1. The van der Waals surface area contributed by atoms with E-state index in [-0.39, 0.29) is 0 Å². The molecular weight excluding hydrogens is 269 g/mol. The summed E-state index contributed by atoms with van der Waals surface area (Å²) in [5.74, 6) is 0. The van der Waals surface area contributed by atoms with Gasteiger partial charge in [0, 0.05) is 28.1 Å². The molecule has 0 spiro atoms. The molecule has 0 fully saturated rings. The van der Waals surface area contributed by atoms with Crippen molar-refractivity contribution >= 4 is 27.1 Å². The normalized spacial score (nSPS) is 15.1. The fourth-order valence-electron chi connectivity index (χ4n) is 2.96. The van der Waals surface area contributed by atoms with Gasteiger partial charge in [0.1, 0.15) is 0 Å². The fraction of sp³-hybridized carbons (Fsp3) is 0.176. The van der Waals surface area contributed by atoms with Gasteiger partial charge in [0.05, 0.1) is 0 Å². The van der Waals surface area contributed by atoms with Crippen LogP contribution in [0.4, 0.5) is 10.1 Å². The highest BCUT2D eigenvalue weighted by atomic mass is 32.1. The van der Waals surface area contributed by atoms with Gasteiger partial charge in [-0.05, 0) is 28.8 Å². The van der Waals surface area contributed by atoms with E-state index in [0.717, 1.165) is 39.9 Å². The second-order valence-electron chi connectivity index (χ2n) is 5.11. The second kappa shape index (κ2) is 4.60. The number of para-hydroxylation sites is 1. The number of hydrogen-bond acceptors (Lipinski definition) is 2. The minimum Gasteiger partial charge on any atom is -0.384 e. The average molecular weight is 283 g/mol. The van der Waals surface area contributed by atoms with Gasteiger partial charge in [-0.15, -0.1) is 11.3 Å². The number of rotatable bonds is 2. The summed E-state index contributed by atoms with van der Waals surface area (Å²) in [5.41, 5.74) is 3.76. The van der Waals surface area contributed by atoms with Gasteiger partial charge in [-0.2, -0.15) is 0 Å². The minimum atomic E-state index is -1.07. The van der Waals surface area contributed by atoms with Crippen molar-refractivity contribution < 1.29 is 4.39 Å². The van der Waals surface area contributed by atoms with Gasteiger partial charge in [-0.1, -0.05) is 36.4 Å². The summed E-state index contributed by atoms with van der Waals surface area (Å²) in [6.45, 7) is 0.905. The van der Waals surface area contributed by atoms with Crippen LogP contribution < -0.4 is 5.32 Å². The predicted molar refractivity (Wildman–Crippen MR) is 83.4 cm³/mol. The Kier molecular flexibility index (Phi) is 2.74. The van der Waals surface area contributed by atoms with Gasteiger partial charge in [-0.3, -0.25) is 0 Å². The van der Waals surface area contributed by atoms with Crippen LogP contribution in [0, 0.1) is 0 Å². The topological polar surface area (TPSA) is 12.0 Å². The fourth-order valence-corrected chi connectivity index (χ4v) is 3.89. The SMILES string of the molecule is FC(c1cccc2c1NCC2)c1cccc2ccsc12. The van der Waals surface area contributed by atoms with E-state index in [1.807, 2.05) is 41.8 Å². The molecule has 0 saturated heterocycles. The van der Waals surface area contributed by atoms with Crippen LogP contribution in [-0.4, -0.2) is 6.54 Å². The molecule has 0 radical (unpaired) electrons. The zero-order chi connectivity index (χ0) is 13.5. The highest BCUT2D eigenvalue weighted by Gasteiger charge is 2.23. The molecule has 20 heavy (non-hydrogen) atoms. The van der Waals surface area contributed by atoms with Crippen LogP contribution in [0.25, 0.3) is 10.1 Å². The van der Waals surface area contributed by atoms with E-state index in [4.69, 9.17) is 0 Å². The lowest BCUT2D eigenvalue weighted by Gasteiger charge is -2.14. The van der Waals surface area contributed by atoms with Crippen LogP contribution in [-0.2, 0) is 6.42 Å². The number of benzene rings is 2. The van der Waals surface area contributed by atoms with Gasteiger partial charge in [-0.25, -0.2) is 4.39 Å². The lowest BCUT2D eigenvalue weighted by molar-refractivity contribution is 0.406. The van der Waals surface area contributed by atoms with E-state index < -0.39 is 6.17 Å². The molecule has 0 saturated carbocycles. The first-order valence-electron chi connectivity index (χ1n) is 6.80. The average Bonchev–Trinajstić information content (AvgIpc) is 3.13. The Labute approximate surface area is 121 Å². The standard InChI is InChI=1S/C17H14FNS/c18-15(13-5-1-3-11-7-9-19-16(11)13)14-6-2-4-12-8-10-20-17(12)14/h1-6,8,10,15,19H,7,9H2. The zero-order valence-electron chi connectivity index (χ0n) is 10.9. The lowest BCUT2D eigenvalue weighted by Crippen LogP contribution is -2.00. The van der Waals surface area contributed by atoms with Gasteiger partial charge in [0.25, 0.3) is 0 Å². The molecule has 0 amide bonds. The maximum absolute atomic E-state index is 15.1. The third kappa shape index (κ3) is 1.74. The van der Waals surface area contributed by atoms with E-state index in [1.165, 1.54) is 5.56 Å². The number of hydrogen-bond donors (Lipinski definition) is 1. The Hall–Kier alpha value is -1.87. The molecule has 1 atom stereocenters. The largest absolute Gasteiger partial charge is 0.384 e. The van der Waals surface area contributed by atoms with Crippen LogP contribution in [0.2, 0.25) is 0 Å². The molecule has 0 bridgehead atoms. The zero-order valence-corrected chi connectivity index (χ0v) is 11.7. The monoisotopic (exact) mass is 283 g/mol. The molecule has 1 aromatic heterocycles. The van der Waals surface area contributed by atoms with E-state index in [2.05, 4.69) is 11.4 Å². The molecule has 3 aromatic rings. The molecule has 2 aromatic carbocycles. The summed E-state index contributed by atoms with van der Waals surface area (Å²) in [4.78, 5) is 0. The van der Waals surface area contributed by atoms with Crippen LogP contribution in [0.1, 0.15) is 22.9 Å². The summed E-state index contributed by atoms with van der Waals surface area (Å²) >= 11 is 1.61. The Balaban J connectivity index is 1.87. The van der Waals surface area contributed by atoms with Gasteiger partial charge in [0.15, 0.2) is 6.17 Å². The van der Waals surface area contributed by atoms with Crippen molar-refractivity contribution in [1.29, 1.82) is 0 Å². The molecule has 4 rings (SSSR count). The van der Waals surface area contributed by atoms with Crippen molar-refractivity contribution in [1.82, 2.24) is 0 Å². The third-order valence-corrected chi connectivity index (χ3v) is 4.91. The molecule has 0 aliphatic carbocycles. The Morgan fingerprint density at radius 1 is 1.05 bits per heavy atom.